The van der Waals surface area contributed by atoms with Crippen LogP contribution in [0, 0.1) is 6.92 Å². The van der Waals surface area contributed by atoms with Gasteiger partial charge in [-0.15, -0.1) is 24.0 Å². The predicted octanol–water partition coefficient (Wildman–Crippen LogP) is 3.87. The molecule has 1 saturated heterocycles. The van der Waals surface area contributed by atoms with E-state index in [-0.39, 0.29) is 36.0 Å². The molecule has 2 N–H and O–H groups in total. The summed E-state index contributed by atoms with van der Waals surface area (Å²) in [6.07, 6.45) is 1.62. The van der Waals surface area contributed by atoms with Crippen LogP contribution in [0.4, 0.5) is 0 Å². The summed E-state index contributed by atoms with van der Waals surface area (Å²) in [5.41, 5.74) is 3.52. The number of benzene rings is 2. The highest BCUT2D eigenvalue weighted by atomic mass is 127. The second-order valence-electron chi connectivity index (χ2n) is 7.74. The fraction of sp³-hybridized carbons (Fsp3) is 0.417. The first-order valence-electron chi connectivity index (χ1n) is 10.6. The van der Waals surface area contributed by atoms with E-state index in [9.17, 15) is 4.79 Å². The molecule has 0 aliphatic carbocycles. The maximum absolute atomic E-state index is 12.0. The maximum atomic E-state index is 12.0. The van der Waals surface area contributed by atoms with Crippen molar-refractivity contribution >= 4 is 35.8 Å². The second kappa shape index (κ2) is 12.5. The Hall–Kier alpha value is -2.29. The molecule has 1 aliphatic heterocycles. The standard InChI is InChI=1S/C24H32N4O2.HI/c1-18-8-6-11-22(14-18)30-19(2)15-26-24(25-3)27-16-20-9-4-5-10-21(20)17-28-13-7-12-23(28)29;/h4-6,8-11,14,19H,7,12-13,15-17H2,1-3H3,(H2,25,26,27);1H. The van der Waals surface area contributed by atoms with Gasteiger partial charge in [0.25, 0.3) is 0 Å². The SMILES string of the molecule is CN=C(NCc1ccccc1CN1CCCC1=O)NCC(C)Oc1cccc(C)c1.I. The molecule has 168 valence electrons. The molecule has 2 aromatic carbocycles. The number of halogens is 1. The molecule has 3 rings (SSSR count). The summed E-state index contributed by atoms with van der Waals surface area (Å²) in [7, 11) is 1.76. The molecular formula is C24H33IN4O2. The molecule has 0 saturated carbocycles. The average molecular weight is 536 g/mol. The second-order valence-corrected chi connectivity index (χ2v) is 7.74. The van der Waals surface area contributed by atoms with Gasteiger partial charge < -0.3 is 20.3 Å². The van der Waals surface area contributed by atoms with Crippen molar-refractivity contribution in [1.29, 1.82) is 0 Å². The summed E-state index contributed by atoms with van der Waals surface area (Å²) in [5, 5.41) is 6.69. The maximum Gasteiger partial charge on any atom is 0.222 e. The summed E-state index contributed by atoms with van der Waals surface area (Å²) >= 11 is 0. The molecule has 1 unspecified atom stereocenters. The van der Waals surface area contributed by atoms with E-state index in [1.165, 1.54) is 16.7 Å². The Morgan fingerprint density at radius 1 is 1.16 bits per heavy atom. The van der Waals surface area contributed by atoms with Crippen molar-refractivity contribution in [1.82, 2.24) is 15.5 Å². The fourth-order valence-electron chi connectivity index (χ4n) is 3.56. The Labute approximate surface area is 202 Å². The first-order chi connectivity index (χ1) is 14.5. The van der Waals surface area contributed by atoms with Crippen LogP contribution >= 0.6 is 24.0 Å². The number of aliphatic imine (C=N–C) groups is 1. The van der Waals surface area contributed by atoms with E-state index in [1.807, 2.05) is 42.2 Å². The number of hydrogen-bond acceptors (Lipinski definition) is 3. The average Bonchev–Trinajstić information content (AvgIpc) is 3.13. The van der Waals surface area contributed by atoms with Crippen LogP contribution in [0.5, 0.6) is 5.75 Å². The third-order valence-corrected chi connectivity index (χ3v) is 5.20. The Morgan fingerprint density at radius 2 is 1.94 bits per heavy atom. The lowest BCUT2D eigenvalue weighted by Crippen LogP contribution is -2.41. The number of carbonyl (C=O) groups excluding carboxylic acids is 1. The summed E-state index contributed by atoms with van der Waals surface area (Å²) in [4.78, 5) is 18.2. The molecule has 6 nitrogen and oxygen atoms in total. The quantitative estimate of drug-likeness (QED) is 0.306. The number of likely N-dealkylation sites (tertiary alicyclic amines) is 1. The number of aryl methyl sites for hydroxylation is 1. The van der Waals surface area contributed by atoms with E-state index in [4.69, 9.17) is 4.74 Å². The summed E-state index contributed by atoms with van der Waals surface area (Å²) < 4.78 is 5.97. The van der Waals surface area contributed by atoms with Gasteiger partial charge in [0.2, 0.25) is 5.91 Å². The first-order valence-corrected chi connectivity index (χ1v) is 10.6. The lowest BCUT2D eigenvalue weighted by atomic mass is 10.1. The predicted molar refractivity (Wildman–Crippen MR) is 136 cm³/mol. The number of ether oxygens (including phenoxy) is 1. The topological polar surface area (TPSA) is 66.0 Å². The van der Waals surface area contributed by atoms with Crippen molar-refractivity contribution < 1.29 is 9.53 Å². The molecule has 7 heteroatoms. The minimum Gasteiger partial charge on any atom is -0.489 e. The van der Waals surface area contributed by atoms with Crippen LogP contribution in [0.2, 0.25) is 0 Å². The van der Waals surface area contributed by atoms with Crippen molar-refractivity contribution in [2.45, 2.75) is 45.9 Å². The highest BCUT2D eigenvalue weighted by Gasteiger charge is 2.20. The molecular weight excluding hydrogens is 503 g/mol. The van der Waals surface area contributed by atoms with E-state index < -0.39 is 0 Å². The zero-order valence-corrected chi connectivity index (χ0v) is 20.9. The lowest BCUT2D eigenvalue weighted by molar-refractivity contribution is -0.128. The van der Waals surface area contributed by atoms with Gasteiger partial charge in [-0.3, -0.25) is 9.79 Å². The molecule has 2 aromatic rings. The zero-order chi connectivity index (χ0) is 21.3. The molecule has 0 bridgehead atoms. The number of hydrogen-bond donors (Lipinski definition) is 2. The minimum absolute atomic E-state index is 0. The minimum atomic E-state index is -0.00110. The highest BCUT2D eigenvalue weighted by molar-refractivity contribution is 14.0. The van der Waals surface area contributed by atoms with Crippen LogP contribution in [-0.2, 0) is 17.9 Å². The van der Waals surface area contributed by atoms with E-state index in [2.05, 4.69) is 40.7 Å². The van der Waals surface area contributed by atoms with Crippen molar-refractivity contribution in [2.24, 2.45) is 4.99 Å². The molecule has 0 aromatic heterocycles. The smallest absolute Gasteiger partial charge is 0.222 e. The van der Waals surface area contributed by atoms with Gasteiger partial charge in [0.1, 0.15) is 11.9 Å². The van der Waals surface area contributed by atoms with Gasteiger partial charge in [0.05, 0.1) is 6.54 Å². The number of guanidine groups is 1. The molecule has 0 radical (unpaired) electrons. The van der Waals surface area contributed by atoms with E-state index in [0.717, 1.165) is 24.7 Å². The molecule has 1 heterocycles. The van der Waals surface area contributed by atoms with Crippen LogP contribution in [0.15, 0.2) is 53.5 Å². The van der Waals surface area contributed by atoms with Crippen molar-refractivity contribution in [2.75, 3.05) is 20.1 Å². The van der Waals surface area contributed by atoms with Gasteiger partial charge >= 0.3 is 0 Å². The number of carbonyl (C=O) groups is 1. The zero-order valence-electron chi connectivity index (χ0n) is 18.6. The van der Waals surface area contributed by atoms with Crippen molar-refractivity contribution in [3.05, 3.63) is 65.2 Å². The lowest BCUT2D eigenvalue weighted by Gasteiger charge is -2.20. The van der Waals surface area contributed by atoms with Gasteiger partial charge in [-0.25, -0.2) is 0 Å². The van der Waals surface area contributed by atoms with E-state index >= 15 is 0 Å². The number of rotatable bonds is 8. The third kappa shape index (κ3) is 7.72. The Kier molecular flexibility index (Phi) is 10.1. The monoisotopic (exact) mass is 536 g/mol. The molecule has 1 fully saturated rings. The summed E-state index contributed by atoms with van der Waals surface area (Å²) in [6.45, 7) is 6.89. The Morgan fingerprint density at radius 3 is 2.61 bits per heavy atom. The number of nitrogens with one attached hydrogen (secondary N) is 2. The molecule has 1 amide bonds. The van der Waals surface area contributed by atoms with Crippen LogP contribution in [0.1, 0.15) is 36.5 Å². The van der Waals surface area contributed by atoms with Crippen LogP contribution in [0.3, 0.4) is 0 Å². The van der Waals surface area contributed by atoms with Gasteiger partial charge in [0.15, 0.2) is 5.96 Å². The normalized spacial score (nSPS) is 14.7. The van der Waals surface area contributed by atoms with E-state index in [0.29, 0.717) is 26.1 Å². The largest absolute Gasteiger partial charge is 0.489 e. The van der Waals surface area contributed by atoms with Crippen LogP contribution in [0.25, 0.3) is 0 Å². The molecule has 31 heavy (non-hydrogen) atoms. The van der Waals surface area contributed by atoms with Gasteiger partial charge in [-0.2, -0.15) is 0 Å². The molecule has 0 spiro atoms. The van der Waals surface area contributed by atoms with Gasteiger partial charge in [-0.05, 0) is 49.1 Å². The Bertz CT molecular complexity index is 887. The van der Waals surface area contributed by atoms with E-state index in [1.54, 1.807) is 7.05 Å². The number of nitrogens with zero attached hydrogens (tertiary/aromatic N) is 2. The first kappa shape index (κ1) is 25.0. The fourth-order valence-corrected chi connectivity index (χ4v) is 3.56. The third-order valence-electron chi connectivity index (χ3n) is 5.20. The molecule has 1 atom stereocenters. The van der Waals surface area contributed by atoms with Gasteiger partial charge in [0, 0.05) is 33.1 Å². The number of amides is 1. The van der Waals surface area contributed by atoms with Crippen LogP contribution in [-0.4, -0.2) is 43.0 Å². The molecule has 1 aliphatic rings. The summed E-state index contributed by atoms with van der Waals surface area (Å²) in [5.74, 6) is 1.84. The van der Waals surface area contributed by atoms with Crippen molar-refractivity contribution in [3.8, 4) is 5.75 Å². The summed E-state index contributed by atoms with van der Waals surface area (Å²) in [6, 6.07) is 16.3. The van der Waals surface area contributed by atoms with Crippen molar-refractivity contribution in [3.63, 3.8) is 0 Å². The Balaban J connectivity index is 0.00000341. The van der Waals surface area contributed by atoms with Crippen LogP contribution < -0.4 is 15.4 Å². The highest BCUT2D eigenvalue weighted by Crippen LogP contribution is 2.17. The van der Waals surface area contributed by atoms with Gasteiger partial charge in [-0.1, -0.05) is 36.4 Å².